The Balaban J connectivity index is 2.49. The highest BCUT2D eigenvalue weighted by molar-refractivity contribution is 7.11. The van der Waals surface area contributed by atoms with Gasteiger partial charge in [-0.2, -0.15) is 0 Å². The summed E-state index contributed by atoms with van der Waals surface area (Å²) in [5, 5.41) is 4.88. The molecule has 11 heavy (non-hydrogen) atoms. The van der Waals surface area contributed by atoms with E-state index in [1.807, 2.05) is 0 Å². The second kappa shape index (κ2) is 3.88. The number of carbonyl (C=O) groups is 1. The van der Waals surface area contributed by atoms with Crippen LogP contribution < -0.4 is 5.32 Å². The van der Waals surface area contributed by atoms with Crippen molar-refractivity contribution in [3.05, 3.63) is 29.2 Å². The Kier molecular flexibility index (Phi) is 2.80. The summed E-state index contributed by atoms with van der Waals surface area (Å²) in [7, 11) is 0. The Morgan fingerprint density at radius 2 is 2.73 bits per heavy atom. The van der Waals surface area contributed by atoms with E-state index in [0.717, 1.165) is 0 Å². The normalized spacial score (nSPS) is 9.09. The van der Waals surface area contributed by atoms with E-state index < -0.39 is 0 Å². The van der Waals surface area contributed by atoms with Crippen molar-refractivity contribution in [2.75, 3.05) is 6.54 Å². The number of nitrogens with one attached hydrogen (secondary N) is 1. The quantitative estimate of drug-likeness (QED) is 0.686. The van der Waals surface area contributed by atoms with Crippen LogP contribution in [0.5, 0.6) is 0 Å². The Hall–Kier alpha value is -1.16. The summed E-state index contributed by atoms with van der Waals surface area (Å²) in [5.41, 5.74) is 0. The van der Waals surface area contributed by atoms with E-state index in [1.165, 1.54) is 11.3 Å². The van der Waals surface area contributed by atoms with Crippen LogP contribution in [0.3, 0.4) is 0 Å². The minimum Gasteiger partial charge on any atom is -0.347 e. The van der Waals surface area contributed by atoms with E-state index in [-0.39, 0.29) is 5.91 Å². The van der Waals surface area contributed by atoms with Gasteiger partial charge in [-0.25, -0.2) is 4.98 Å². The molecule has 4 heteroatoms. The summed E-state index contributed by atoms with van der Waals surface area (Å²) in [6, 6.07) is 0. The lowest BCUT2D eigenvalue weighted by molar-refractivity contribution is 0.0957. The van der Waals surface area contributed by atoms with E-state index in [2.05, 4.69) is 16.9 Å². The smallest absolute Gasteiger partial charge is 0.280 e. The predicted octanol–water partition coefficient (Wildman–Crippen LogP) is 1.06. The highest BCUT2D eigenvalue weighted by Crippen LogP contribution is 2.02. The van der Waals surface area contributed by atoms with Gasteiger partial charge in [0.05, 0.1) is 0 Å². The van der Waals surface area contributed by atoms with Gasteiger partial charge in [-0.3, -0.25) is 4.79 Å². The van der Waals surface area contributed by atoms with Crippen LogP contribution in [0.2, 0.25) is 0 Å². The van der Waals surface area contributed by atoms with E-state index in [0.29, 0.717) is 11.6 Å². The second-order valence-electron chi connectivity index (χ2n) is 1.84. The van der Waals surface area contributed by atoms with Crippen LogP contribution in [0.4, 0.5) is 0 Å². The van der Waals surface area contributed by atoms with Crippen LogP contribution in [-0.2, 0) is 0 Å². The molecule has 0 unspecified atom stereocenters. The molecule has 1 amide bonds. The monoisotopic (exact) mass is 168 g/mol. The molecule has 1 heterocycles. The number of carbonyl (C=O) groups excluding carboxylic acids is 1. The molecular weight excluding hydrogens is 160 g/mol. The lowest BCUT2D eigenvalue weighted by atomic mass is 10.5. The molecule has 3 nitrogen and oxygen atoms in total. The van der Waals surface area contributed by atoms with Gasteiger partial charge in [0, 0.05) is 18.1 Å². The average molecular weight is 168 g/mol. The highest BCUT2D eigenvalue weighted by Gasteiger charge is 2.04. The molecule has 0 spiro atoms. The molecule has 58 valence electrons. The summed E-state index contributed by atoms with van der Waals surface area (Å²) in [4.78, 5) is 14.9. The molecule has 0 atom stereocenters. The molecular formula is C7H8N2OS. The van der Waals surface area contributed by atoms with Gasteiger partial charge in [-0.15, -0.1) is 17.9 Å². The van der Waals surface area contributed by atoms with Crippen molar-refractivity contribution in [3.8, 4) is 0 Å². The first-order valence-electron chi connectivity index (χ1n) is 3.13. The minimum atomic E-state index is -0.139. The third kappa shape index (κ3) is 2.16. The van der Waals surface area contributed by atoms with E-state index in [1.54, 1.807) is 17.7 Å². The molecule has 0 saturated heterocycles. The van der Waals surface area contributed by atoms with Crippen molar-refractivity contribution in [1.82, 2.24) is 10.3 Å². The summed E-state index contributed by atoms with van der Waals surface area (Å²) in [5.74, 6) is -0.139. The van der Waals surface area contributed by atoms with Crippen molar-refractivity contribution in [2.45, 2.75) is 0 Å². The summed E-state index contributed by atoms with van der Waals surface area (Å²) in [6.45, 7) is 3.97. The number of rotatable bonds is 3. The fourth-order valence-electron chi connectivity index (χ4n) is 0.576. The molecule has 0 aliphatic carbocycles. The first-order valence-corrected chi connectivity index (χ1v) is 4.01. The van der Waals surface area contributed by atoms with Gasteiger partial charge < -0.3 is 5.32 Å². The standard InChI is InChI=1S/C7H8N2OS/c1-2-3-8-6(10)7-9-4-5-11-7/h2,4-5H,1,3H2,(H,8,10). The zero-order chi connectivity index (χ0) is 8.10. The van der Waals surface area contributed by atoms with Crippen LogP contribution in [0.15, 0.2) is 24.2 Å². The zero-order valence-corrected chi connectivity index (χ0v) is 6.73. The summed E-state index contributed by atoms with van der Waals surface area (Å²) >= 11 is 1.32. The van der Waals surface area contributed by atoms with Crippen LogP contribution in [0, 0.1) is 0 Å². The number of hydrogen-bond acceptors (Lipinski definition) is 3. The predicted molar refractivity (Wildman–Crippen MR) is 44.6 cm³/mol. The van der Waals surface area contributed by atoms with Crippen LogP contribution >= 0.6 is 11.3 Å². The Labute approximate surface area is 68.8 Å². The van der Waals surface area contributed by atoms with Crippen LogP contribution in [0.1, 0.15) is 9.80 Å². The number of thiazole rings is 1. The molecule has 0 saturated carbocycles. The van der Waals surface area contributed by atoms with Gasteiger partial charge in [0.2, 0.25) is 0 Å². The Morgan fingerprint density at radius 1 is 1.91 bits per heavy atom. The molecule has 1 aromatic rings. The van der Waals surface area contributed by atoms with Gasteiger partial charge in [-0.05, 0) is 0 Å². The van der Waals surface area contributed by atoms with Crippen LogP contribution in [0.25, 0.3) is 0 Å². The lowest BCUT2D eigenvalue weighted by Gasteiger charge is -1.95. The van der Waals surface area contributed by atoms with Crippen molar-refractivity contribution in [2.24, 2.45) is 0 Å². The Morgan fingerprint density at radius 3 is 3.27 bits per heavy atom. The zero-order valence-electron chi connectivity index (χ0n) is 5.91. The van der Waals surface area contributed by atoms with Crippen molar-refractivity contribution in [3.63, 3.8) is 0 Å². The summed E-state index contributed by atoms with van der Waals surface area (Å²) in [6.07, 6.45) is 3.24. The molecule has 0 aliphatic heterocycles. The van der Waals surface area contributed by atoms with Gasteiger partial charge in [0.1, 0.15) is 0 Å². The van der Waals surface area contributed by atoms with E-state index >= 15 is 0 Å². The number of hydrogen-bond donors (Lipinski definition) is 1. The molecule has 1 N–H and O–H groups in total. The van der Waals surface area contributed by atoms with Crippen molar-refractivity contribution in [1.29, 1.82) is 0 Å². The molecule has 1 aromatic heterocycles. The summed E-state index contributed by atoms with van der Waals surface area (Å²) < 4.78 is 0. The third-order valence-corrected chi connectivity index (χ3v) is 1.81. The largest absolute Gasteiger partial charge is 0.347 e. The topological polar surface area (TPSA) is 42.0 Å². The number of aromatic nitrogens is 1. The molecule has 0 bridgehead atoms. The first kappa shape index (κ1) is 7.94. The lowest BCUT2D eigenvalue weighted by Crippen LogP contribution is -2.22. The molecule has 0 radical (unpaired) electrons. The SMILES string of the molecule is C=CCNC(=O)c1nccs1. The Bertz CT molecular complexity index is 243. The fraction of sp³-hybridized carbons (Fsp3) is 0.143. The van der Waals surface area contributed by atoms with Gasteiger partial charge in [0.25, 0.3) is 5.91 Å². The van der Waals surface area contributed by atoms with Crippen LogP contribution in [-0.4, -0.2) is 17.4 Å². The molecule has 0 aromatic carbocycles. The van der Waals surface area contributed by atoms with Gasteiger partial charge >= 0.3 is 0 Å². The van der Waals surface area contributed by atoms with Gasteiger partial charge in [-0.1, -0.05) is 6.08 Å². The fourth-order valence-corrected chi connectivity index (χ4v) is 1.13. The minimum absolute atomic E-state index is 0.139. The maximum Gasteiger partial charge on any atom is 0.280 e. The number of nitrogens with zero attached hydrogens (tertiary/aromatic N) is 1. The van der Waals surface area contributed by atoms with E-state index in [9.17, 15) is 4.79 Å². The van der Waals surface area contributed by atoms with Gasteiger partial charge in [0.15, 0.2) is 5.01 Å². The second-order valence-corrected chi connectivity index (χ2v) is 2.73. The maximum absolute atomic E-state index is 11.1. The van der Waals surface area contributed by atoms with Crippen molar-refractivity contribution >= 4 is 17.2 Å². The number of amides is 1. The third-order valence-electron chi connectivity index (χ3n) is 1.03. The molecule has 1 rings (SSSR count). The highest BCUT2D eigenvalue weighted by atomic mass is 32.1. The van der Waals surface area contributed by atoms with Crippen molar-refractivity contribution < 1.29 is 4.79 Å². The van der Waals surface area contributed by atoms with E-state index in [4.69, 9.17) is 0 Å². The maximum atomic E-state index is 11.1. The molecule has 0 fully saturated rings. The first-order chi connectivity index (χ1) is 5.34. The molecule has 0 aliphatic rings. The average Bonchev–Trinajstić information content (AvgIpc) is 2.52.